The lowest BCUT2D eigenvalue weighted by atomic mass is 10.1. The number of aryl methyl sites for hydroxylation is 1. The highest BCUT2D eigenvalue weighted by Gasteiger charge is 2.05. The Kier molecular flexibility index (Phi) is 3.46. The second kappa shape index (κ2) is 5.57. The van der Waals surface area contributed by atoms with E-state index in [1.807, 2.05) is 24.4 Å². The largest absolute Gasteiger partial charge is 0.378 e. The SMILES string of the molecule is Cc1cccc(CNc2cccnc2-n2cccn2)c1. The second-order valence-corrected chi connectivity index (χ2v) is 4.67. The zero-order valence-electron chi connectivity index (χ0n) is 11.3. The van der Waals surface area contributed by atoms with E-state index in [2.05, 4.69) is 46.6 Å². The zero-order valence-corrected chi connectivity index (χ0v) is 11.3. The van der Waals surface area contributed by atoms with Gasteiger partial charge in [0, 0.05) is 25.1 Å². The molecule has 0 aliphatic heterocycles. The molecule has 20 heavy (non-hydrogen) atoms. The number of nitrogens with one attached hydrogen (secondary N) is 1. The van der Waals surface area contributed by atoms with Crippen molar-refractivity contribution >= 4 is 5.69 Å². The Morgan fingerprint density at radius 1 is 1.10 bits per heavy atom. The standard InChI is InChI=1S/C16H16N4/c1-13-5-2-6-14(11-13)12-18-15-7-3-8-17-16(15)20-10-4-9-19-20/h2-11,18H,12H2,1H3. The lowest BCUT2D eigenvalue weighted by Gasteiger charge is -2.11. The fourth-order valence-electron chi connectivity index (χ4n) is 2.13. The lowest BCUT2D eigenvalue weighted by Crippen LogP contribution is -2.06. The van der Waals surface area contributed by atoms with Gasteiger partial charge >= 0.3 is 0 Å². The Hall–Kier alpha value is -2.62. The maximum absolute atomic E-state index is 4.39. The van der Waals surface area contributed by atoms with E-state index in [1.54, 1.807) is 17.1 Å². The normalized spacial score (nSPS) is 10.4. The molecule has 0 saturated carbocycles. The minimum Gasteiger partial charge on any atom is -0.378 e. The molecule has 4 nitrogen and oxygen atoms in total. The summed E-state index contributed by atoms with van der Waals surface area (Å²) < 4.78 is 1.76. The molecule has 4 heteroatoms. The number of rotatable bonds is 4. The maximum Gasteiger partial charge on any atom is 0.176 e. The molecule has 1 aromatic carbocycles. The van der Waals surface area contributed by atoms with Gasteiger partial charge in [-0.3, -0.25) is 0 Å². The number of aromatic nitrogens is 3. The van der Waals surface area contributed by atoms with Crippen LogP contribution in [0.4, 0.5) is 5.69 Å². The van der Waals surface area contributed by atoms with Crippen LogP contribution in [-0.2, 0) is 6.54 Å². The molecular weight excluding hydrogens is 248 g/mol. The second-order valence-electron chi connectivity index (χ2n) is 4.67. The minimum atomic E-state index is 0.766. The van der Waals surface area contributed by atoms with Crippen molar-refractivity contribution in [2.45, 2.75) is 13.5 Å². The third-order valence-electron chi connectivity index (χ3n) is 3.07. The third kappa shape index (κ3) is 2.69. The molecule has 0 unspecified atom stereocenters. The fraction of sp³-hybridized carbons (Fsp3) is 0.125. The smallest absolute Gasteiger partial charge is 0.176 e. The van der Waals surface area contributed by atoms with Crippen LogP contribution in [0.5, 0.6) is 0 Å². The van der Waals surface area contributed by atoms with Gasteiger partial charge in [-0.05, 0) is 30.7 Å². The number of pyridine rings is 1. The molecule has 0 bridgehead atoms. The van der Waals surface area contributed by atoms with Gasteiger partial charge in [-0.25, -0.2) is 9.67 Å². The molecule has 3 rings (SSSR count). The van der Waals surface area contributed by atoms with Gasteiger partial charge in [0.2, 0.25) is 0 Å². The van der Waals surface area contributed by atoms with Gasteiger partial charge in [0.25, 0.3) is 0 Å². The Bertz CT molecular complexity index is 689. The summed E-state index contributed by atoms with van der Waals surface area (Å²) in [4.78, 5) is 4.39. The topological polar surface area (TPSA) is 42.7 Å². The van der Waals surface area contributed by atoms with Crippen LogP contribution < -0.4 is 5.32 Å². The summed E-state index contributed by atoms with van der Waals surface area (Å²) in [6.45, 7) is 2.87. The van der Waals surface area contributed by atoms with Crippen molar-refractivity contribution in [3.05, 3.63) is 72.2 Å². The first kappa shape index (κ1) is 12.4. The summed E-state index contributed by atoms with van der Waals surface area (Å²) in [5.41, 5.74) is 3.49. The van der Waals surface area contributed by atoms with E-state index in [1.165, 1.54) is 11.1 Å². The molecule has 0 radical (unpaired) electrons. The first-order valence-corrected chi connectivity index (χ1v) is 6.57. The van der Waals surface area contributed by atoms with Gasteiger partial charge in [0.05, 0.1) is 5.69 Å². The number of benzene rings is 1. The third-order valence-corrected chi connectivity index (χ3v) is 3.07. The molecule has 3 aromatic rings. The predicted molar refractivity (Wildman–Crippen MR) is 79.9 cm³/mol. The molecule has 0 aliphatic carbocycles. The summed E-state index contributed by atoms with van der Waals surface area (Å²) in [6.07, 6.45) is 5.41. The van der Waals surface area contributed by atoms with Crippen molar-refractivity contribution in [2.24, 2.45) is 0 Å². The summed E-state index contributed by atoms with van der Waals surface area (Å²) in [5.74, 6) is 0.810. The van der Waals surface area contributed by atoms with Gasteiger partial charge in [-0.15, -0.1) is 0 Å². The van der Waals surface area contributed by atoms with Gasteiger partial charge < -0.3 is 5.32 Å². The predicted octanol–water partition coefficient (Wildman–Crippen LogP) is 3.19. The van der Waals surface area contributed by atoms with Crippen molar-refractivity contribution in [1.82, 2.24) is 14.8 Å². The van der Waals surface area contributed by atoms with Crippen molar-refractivity contribution < 1.29 is 0 Å². The Morgan fingerprint density at radius 2 is 2.05 bits per heavy atom. The highest BCUT2D eigenvalue weighted by molar-refractivity contribution is 5.56. The van der Waals surface area contributed by atoms with E-state index in [4.69, 9.17) is 0 Å². The number of anilines is 1. The van der Waals surface area contributed by atoms with E-state index in [-0.39, 0.29) is 0 Å². The highest BCUT2D eigenvalue weighted by Crippen LogP contribution is 2.17. The average molecular weight is 264 g/mol. The molecule has 0 fully saturated rings. The van der Waals surface area contributed by atoms with Gasteiger partial charge in [-0.1, -0.05) is 29.8 Å². The fourth-order valence-corrected chi connectivity index (χ4v) is 2.13. The first-order chi connectivity index (χ1) is 9.83. The molecule has 0 atom stereocenters. The zero-order chi connectivity index (χ0) is 13.8. The molecule has 0 saturated heterocycles. The van der Waals surface area contributed by atoms with E-state index in [0.29, 0.717) is 0 Å². The molecular formula is C16H16N4. The highest BCUT2D eigenvalue weighted by atomic mass is 15.3. The maximum atomic E-state index is 4.39. The number of hydrogen-bond acceptors (Lipinski definition) is 3. The monoisotopic (exact) mass is 264 g/mol. The molecule has 0 aliphatic rings. The van der Waals surface area contributed by atoms with Crippen LogP contribution in [-0.4, -0.2) is 14.8 Å². The summed E-state index contributed by atoms with van der Waals surface area (Å²) >= 11 is 0. The molecule has 2 aromatic heterocycles. The van der Waals surface area contributed by atoms with Crippen LogP contribution in [0, 0.1) is 6.92 Å². The molecule has 0 amide bonds. The van der Waals surface area contributed by atoms with Crippen molar-refractivity contribution in [2.75, 3.05) is 5.32 Å². The lowest BCUT2D eigenvalue weighted by molar-refractivity contribution is 0.846. The Labute approximate surface area is 118 Å². The van der Waals surface area contributed by atoms with Gasteiger partial charge in [-0.2, -0.15) is 5.10 Å². The van der Waals surface area contributed by atoms with Crippen LogP contribution in [0.15, 0.2) is 61.1 Å². The van der Waals surface area contributed by atoms with E-state index in [9.17, 15) is 0 Å². The molecule has 2 heterocycles. The van der Waals surface area contributed by atoms with Crippen LogP contribution >= 0.6 is 0 Å². The van der Waals surface area contributed by atoms with Gasteiger partial charge in [0.1, 0.15) is 0 Å². The van der Waals surface area contributed by atoms with Crippen molar-refractivity contribution in [3.63, 3.8) is 0 Å². The van der Waals surface area contributed by atoms with Crippen LogP contribution in [0.3, 0.4) is 0 Å². The molecule has 1 N–H and O–H groups in total. The molecule has 100 valence electrons. The number of hydrogen-bond donors (Lipinski definition) is 1. The van der Waals surface area contributed by atoms with E-state index >= 15 is 0 Å². The molecule has 0 spiro atoms. The first-order valence-electron chi connectivity index (χ1n) is 6.57. The van der Waals surface area contributed by atoms with Crippen molar-refractivity contribution in [1.29, 1.82) is 0 Å². The van der Waals surface area contributed by atoms with Crippen LogP contribution in [0.1, 0.15) is 11.1 Å². The van der Waals surface area contributed by atoms with E-state index in [0.717, 1.165) is 18.1 Å². The Balaban J connectivity index is 1.81. The van der Waals surface area contributed by atoms with Crippen LogP contribution in [0.25, 0.3) is 5.82 Å². The number of nitrogens with zero attached hydrogens (tertiary/aromatic N) is 3. The van der Waals surface area contributed by atoms with Gasteiger partial charge in [0.15, 0.2) is 5.82 Å². The average Bonchev–Trinajstić information content (AvgIpc) is 3.00. The summed E-state index contributed by atoms with van der Waals surface area (Å²) in [5, 5.41) is 7.65. The van der Waals surface area contributed by atoms with Crippen LogP contribution in [0.2, 0.25) is 0 Å². The minimum absolute atomic E-state index is 0.766. The summed E-state index contributed by atoms with van der Waals surface area (Å²) in [6, 6.07) is 14.3. The quantitative estimate of drug-likeness (QED) is 0.787. The van der Waals surface area contributed by atoms with Crippen molar-refractivity contribution in [3.8, 4) is 5.82 Å². The van der Waals surface area contributed by atoms with E-state index < -0.39 is 0 Å². The Morgan fingerprint density at radius 3 is 2.85 bits per heavy atom. The summed E-state index contributed by atoms with van der Waals surface area (Å²) in [7, 11) is 0.